The van der Waals surface area contributed by atoms with E-state index in [1.807, 2.05) is 30.3 Å². The van der Waals surface area contributed by atoms with Crippen molar-refractivity contribution in [2.75, 3.05) is 11.4 Å². The molecule has 0 bridgehead atoms. The second-order valence-electron chi connectivity index (χ2n) is 7.78. The van der Waals surface area contributed by atoms with Crippen molar-refractivity contribution in [1.82, 2.24) is 9.97 Å². The maximum atomic E-state index is 12.2. The predicted octanol–water partition coefficient (Wildman–Crippen LogP) is 3.42. The molecule has 0 spiro atoms. The molecule has 174 valence electrons. The Bertz CT molecular complexity index is 1180. The van der Waals surface area contributed by atoms with Crippen LogP contribution in [-0.2, 0) is 4.79 Å². The lowest BCUT2D eigenvalue weighted by Gasteiger charge is -2.38. The number of amides is 1. The lowest BCUT2D eigenvalue weighted by Crippen LogP contribution is -2.53. The van der Waals surface area contributed by atoms with Crippen LogP contribution in [0.3, 0.4) is 0 Å². The minimum Gasteiger partial charge on any atom is -0.457 e. The number of carbonyl (C=O) groups excluding carboxylic acids is 2. The van der Waals surface area contributed by atoms with Crippen molar-refractivity contribution in [2.45, 2.75) is 19.0 Å². The number of nitrogens with zero attached hydrogens (tertiary/aromatic N) is 3. The smallest absolute Gasteiger partial charge is 0.255 e. The summed E-state index contributed by atoms with van der Waals surface area (Å²) < 4.78 is 11.7. The number of aromatic nitrogens is 2. The van der Waals surface area contributed by atoms with Gasteiger partial charge in [0.05, 0.1) is 12.1 Å². The first-order chi connectivity index (χ1) is 16.5. The zero-order chi connectivity index (χ0) is 24.1. The molecule has 34 heavy (non-hydrogen) atoms. The second-order valence-corrected chi connectivity index (χ2v) is 7.78. The van der Waals surface area contributed by atoms with E-state index in [-0.39, 0.29) is 23.2 Å². The largest absolute Gasteiger partial charge is 0.457 e. The molecule has 1 amide bonds. The number of hydrogen-bond donors (Lipinski definition) is 2. The van der Waals surface area contributed by atoms with Crippen LogP contribution in [0.4, 0.5) is 5.95 Å². The Balaban J connectivity index is 1.56. The molecule has 9 nitrogen and oxygen atoms in total. The molecule has 4 N–H and O–H groups in total. The summed E-state index contributed by atoms with van der Waals surface area (Å²) in [5.41, 5.74) is 11.9. The van der Waals surface area contributed by atoms with E-state index in [0.29, 0.717) is 30.2 Å². The third kappa shape index (κ3) is 5.05. The zero-order valence-corrected chi connectivity index (χ0v) is 18.5. The minimum absolute atomic E-state index is 0.00130. The highest BCUT2D eigenvalue weighted by Crippen LogP contribution is 2.30. The van der Waals surface area contributed by atoms with E-state index < -0.39 is 18.0 Å². The Morgan fingerprint density at radius 3 is 2.32 bits per heavy atom. The van der Waals surface area contributed by atoms with Crippen LogP contribution in [0.25, 0.3) is 0 Å². The van der Waals surface area contributed by atoms with Crippen molar-refractivity contribution in [2.24, 2.45) is 17.4 Å². The van der Waals surface area contributed by atoms with Gasteiger partial charge >= 0.3 is 0 Å². The van der Waals surface area contributed by atoms with Crippen molar-refractivity contribution < 1.29 is 19.1 Å². The average molecular weight is 460 g/mol. The summed E-state index contributed by atoms with van der Waals surface area (Å²) >= 11 is 0. The SMILES string of the molecule is C=CC(=O)C1CCCN(c2ncc(C(N)=O)c(Oc3ccc(Oc4ccccc4)cc3)n2)C1N. The fourth-order valence-corrected chi connectivity index (χ4v) is 3.77. The molecule has 1 fully saturated rings. The van der Waals surface area contributed by atoms with Crippen molar-refractivity contribution in [3.8, 4) is 23.1 Å². The van der Waals surface area contributed by atoms with Crippen molar-refractivity contribution in [3.05, 3.63) is 79.0 Å². The van der Waals surface area contributed by atoms with E-state index in [1.54, 1.807) is 29.2 Å². The Hall–Kier alpha value is -4.24. The monoisotopic (exact) mass is 459 g/mol. The summed E-state index contributed by atoms with van der Waals surface area (Å²) in [5.74, 6) is 0.737. The van der Waals surface area contributed by atoms with Gasteiger partial charge in [-0.05, 0) is 55.3 Å². The number of primary amides is 1. The van der Waals surface area contributed by atoms with Gasteiger partial charge in [0.2, 0.25) is 11.8 Å². The molecule has 1 aromatic heterocycles. The van der Waals surface area contributed by atoms with E-state index in [2.05, 4.69) is 16.5 Å². The van der Waals surface area contributed by atoms with Gasteiger partial charge in [-0.25, -0.2) is 4.98 Å². The maximum Gasteiger partial charge on any atom is 0.255 e. The number of ether oxygens (including phenoxy) is 2. The summed E-state index contributed by atoms with van der Waals surface area (Å²) in [5, 5.41) is 0. The molecule has 2 heterocycles. The molecule has 4 rings (SSSR count). The Morgan fingerprint density at radius 1 is 1.03 bits per heavy atom. The molecule has 2 aromatic carbocycles. The first kappa shape index (κ1) is 22.9. The van der Waals surface area contributed by atoms with Gasteiger partial charge in [-0.2, -0.15) is 4.98 Å². The van der Waals surface area contributed by atoms with E-state index in [9.17, 15) is 9.59 Å². The molecule has 2 atom stereocenters. The number of nitrogens with two attached hydrogens (primary N) is 2. The Labute approximate surface area is 197 Å². The number of para-hydroxylation sites is 1. The number of benzene rings is 2. The summed E-state index contributed by atoms with van der Waals surface area (Å²) in [6, 6.07) is 16.2. The quantitative estimate of drug-likeness (QED) is 0.490. The highest BCUT2D eigenvalue weighted by Gasteiger charge is 2.34. The molecular weight excluding hydrogens is 434 g/mol. The van der Waals surface area contributed by atoms with E-state index in [1.165, 1.54) is 12.3 Å². The molecule has 1 aliphatic heterocycles. The molecule has 0 saturated carbocycles. The van der Waals surface area contributed by atoms with Gasteiger partial charge in [0.1, 0.15) is 22.8 Å². The van der Waals surface area contributed by atoms with Crippen LogP contribution in [0.1, 0.15) is 23.2 Å². The van der Waals surface area contributed by atoms with Crippen LogP contribution in [0, 0.1) is 5.92 Å². The molecule has 1 saturated heterocycles. The Kier molecular flexibility index (Phi) is 6.84. The third-order valence-corrected chi connectivity index (χ3v) is 5.53. The molecular formula is C25H25N5O4. The molecule has 9 heteroatoms. The predicted molar refractivity (Wildman–Crippen MR) is 127 cm³/mol. The summed E-state index contributed by atoms with van der Waals surface area (Å²) in [6.07, 6.45) is 3.35. The van der Waals surface area contributed by atoms with Gasteiger partial charge < -0.3 is 25.8 Å². The van der Waals surface area contributed by atoms with Crippen molar-refractivity contribution in [1.29, 1.82) is 0 Å². The fraction of sp³-hybridized carbons (Fsp3) is 0.200. The van der Waals surface area contributed by atoms with E-state index >= 15 is 0 Å². The first-order valence-electron chi connectivity index (χ1n) is 10.8. The lowest BCUT2D eigenvalue weighted by molar-refractivity contribution is -0.119. The molecule has 0 aliphatic carbocycles. The van der Waals surface area contributed by atoms with Crippen molar-refractivity contribution >= 4 is 17.6 Å². The molecule has 1 aliphatic rings. The number of hydrogen-bond acceptors (Lipinski definition) is 8. The molecule has 0 radical (unpaired) electrons. The minimum atomic E-state index is -0.728. The van der Waals surface area contributed by atoms with Crippen molar-refractivity contribution in [3.63, 3.8) is 0 Å². The first-order valence-corrected chi connectivity index (χ1v) is 10.8. The number of carbonyl (C=O) groups is 2. The number of ketones is 1. The van der Waals surface area contributed by atoms with Gasteiger partial charge in [0.25, 0.3) is 5.91 Å². The summed E-state index contributed by atoms with van der Waals surface area (Å²) in [7, 11) is 0. The fourth-order valence-electron chi connectivity index (χ4n) is 3.77. The zero-order valence-electron chi connectivity index (χ0n) is 18.5. The third-order valence-electron chi connectivity index (χ3n) is 5.53. The van der Waals surface area contributed by atoms with Crippen LogP contribution >= 0.6 is 0 Å². The normalized spacial score (nSPS) is 17.6. The van der Waals surface area contributed by atoms with Gasteiger partial charge in [0, 0.05) is 12.7 Å². The highest BCUT2D eigenvalue weighted by molar-refractivity contribution is 5.95. The molecule has 3 aromatic rings. The van der Waals surface area contributed by atoms with Gasteiger partial charge in [-0.3, -0.25) is 9.59 Å². The van der Waals surface area contributed by atoms with E-state index in [0.717, 1.165) is 6.42 Å². The van der Waals surface area contributed by atoms with Crippen LogP contribution in [0.5, 0.6) is 23.1 Å². The average Bonchev–Trinajstić information content (AvgIpc) is 2.85. The standard InChI is InChI=1S/C25H25N5O4/c1-2-21(31)19-9-6-14-30(22(19)26)25-28-15-20(23(27)32)24(29-25)34-18-12-10-17(11-13-18)33-16-7-4-3-5-8-16/h2-5,7-8,10-13,15,19,22H,1,6,9,14,26H2,(H2,27,32). The van der Waals surface area contributed by atoms with Crippen LogP contribution in [0.2, 0.25) is 0 Å². The van der Waals surface area contributed by atoms with E-state index in [4.69, 9.17) is 20.9 Å². The second kappa shape index (κ2) is 10.1. The van der Waals surface area contributed by atoms with Crippen LogP contribution in [-0.4, -0.2) is 34.4 Å². The van der Waals surface area contributed by atoms with Gasteiger partial charge in [-0.1, -0.05) is 24.8 Å². The number of allylic oxidation sites excluding steroid dienone is 1. The highest BCUT2D eigenvalue weighted by atomic mass is 16.5. The molecule has 2 unspecified atom stereocenters. The number of piperidine rings is 1. The summed E-state index contributed by atoms with van der Waals surface area (Å²) in [6.45, 7) is 4.11. The van der Waals surface area contributed by atoms with Gasteiger partial charge in [0.15, 0.2) is 5.78 Å². The topological polar surface area (TPSA) is 134 Å². The Morgan fingerprint density at radius 2 is 1.68 bits per heavy atom. The van der Waals surface area contributed by atoms with Crippen LogP contribution in [0.15, 0.2) is 73.4 Å². The number of anilines is 1. The van der Waals surface area contributed by atoms with Gasteiger partial charge in [-0.15, -0.1) is 0 Å². The summed E-state index contributed by atoms with van der Waals surface area (Å²) in [4.78, 5) is 34.5. The maximum absolute atomic E-state index is 12.2. The van der Waals surface area contributed by atoms with Crippen LogP contribution < -0.4 is 25.8 Å². The number of rotatable bonds is 8. The lowest BCUT2D eigenvalue weighted by atomic mass is 9.91.